The van der Waals surface area contributed by atoms with Crippen molar-refractivity contribution >= 4 is 70.1 Å². The molecule has 0 bridgehead atoms. The Morgan fingerprint density at radius 3 is 1.57 bits per heavy atom. The molecule has 0 fully saturated rings. The van der Waals surface area contributed by atoms with Crippen molar-refractivity contribution in [3.05, 3.63) is 283 Å². The molecule has 2 heterocycles. The van der Waals surface area contributed by atoms with Crippen LogP contribution in [0.4, 0.5) is 17.1 Å². The number of nitrogens with zero attached hydrogens (tertiary/aromatic N) is 1. The van der Waals surface area contributed by atoms with E-state index in [0.717, 1.165) is 55.7 Å². The van der Waals surface area contributed by atoms with Crippen LogP contribution in [0, 0.1) is 0 Å². The maximum atomic E-state index is 7.23. The quantitative estimate of drug-likeness (QED) is 0.165. The molecule has 2 aliphatic rings. The summed E-state index contributed by atoms with van der Waals surface area (Å²) < 4.78 is 9.87. The van der Waals surface area contributed by atoms with Crippen LogP contribution in [0.15, 0.2) is 261 Å². The Morgan fingerprint density at radius 1 is 0.319 bits per heavy atom. The molecule has 0 atom stereocenters. The number of hydrogen-bond donors (Lipinski definition) is 0. The molecule has 1 aliphatic heterocycles. The maximum Gasteiger partial charge on any atom is 0.140 e. The van der Waals surface area contributed by atoms with E-state index in [-0.39, 0.29) is 0 Å². The number of hydrogen-bond acceptors (Lipinski definition) is 3. The lowest BCUT2D eigenvalue weighted by Gasteiger charge is -2.40. The molecule has 0 radical (unpaired) electrons. The van der Waals surface area contributed by atoms with Crippen molar-refractivity contribution in [2.45, 2.75) is 5.41 Å². The second-order valence-electron chi connectivity index (χ2n) is 19.1. The first-order valence-electron chi connectivity index (χ1n) is 24.7. The Bertz CT molecular complexity index is 4220. The van der Waals surface area contributed by atoms with E-state index in [0.29, 0.717) is 0 Å². The Morgan fingerprint density at radius 2 is 0.847 bits per heavy atom. The van der Waals surface area contributed by atoms with Crippen LogP contribution >= 0.6 is 11.3 Å². The maximum absolute atomic E-state index is 7.23. The first kappa shape index (κ1) is 40.8. The summed E-state index contributed by atoms with van der Waals surface area (Å²) in [7, 11) is 0. The van der Waals surface area contributed by atoms with Gasteiger partial charge in [-0.2, -0.15) is 0 Å². The van der Waals surface area contributed by atoms with Crippen LogP contribution in [-0.2, 0) is 5.41 Å². The molecule has 0 N–H and O–H groups in total. The molecule has 0 unspecified atom stereocenters. The van der Waals surface area contributed by atoms with Gasteiger partial charge >= 0.3 is 0 Å². The minimum atomic E-state index is -0.617. The third-order valence-corrected chi connectivity index (χ3v) is 16.5. The van der Waals surface area contributed by atoms with Gasteiger partial charge in [-0.1, -0.05) is 218 Å². The average Bonchev–Trinajstić information content (AvgIpc) is 3.98. The van der Waals surface area contributed by atoms with Gasteiger partial charge in [0.2, 0.25) is 0 Å². The van der Waals surface area contributed by atoms with Crippen LogP contribution in [-0.4, -0.2) is 0 Å². The molecule has 13 aromatic rings. The molecule has 3 heteroatoms. The summed E-state index contributed by atoms with van der Waals surface area (Å²) in [5.41, 5.74) is 17.2. The molecular formula is C69H43NOS. The van der Waals surface area contributed by atoms with Gasteiger partial charge in [0.05, 0.1) is 5.41 Å². The lowest BCUT2D eigenvalue weighted by atomic mass is 9.65. The molecule has 15 rings (SSSR count). The number of rotatable bonds is 6. The first-order valence-corrected chi connectivity index (χ1v) is 25.5. The molecule has 1 aromatic heterocycles. The van der Waals surface area contributed by atoms with Gasteiger partial charge < -0.3 is 9.64 Å². The van der Waals surface area contributed by atoms with Crippen molar-refractivity contribution in [2.75, 3.05) is 4.90 Å². The summed E-state index contributed by atoms with van der Waals surface area (Å²) in [5.74, 6) is 1.85. The average molecular weight is 934 g/mol. The molecule has 1 spiro atoms. The van der Waals surface area contributed by atoms with Gasteiger partial charge in [0.25, 0.3) is 0 Å². The van der Waals surface area contributed by atoms with Gasteiger partial charge in [-0.25, -0.2) is 0 Å². The minimum absolute atomic E-state index is 0.617. The standard InChI is InChI=1S/C69H43NOS/c1-2-15-44(16-3-1)49-19-12-20-52(43-49)70(51-39-33-48(34-40-51)56-26-13-27-58-57-23-9-11-30-64(57)72-68(56)58)50-37-31-47(32-38-50)53-25-14-29-61-65(53)59-24-8-10-28-60(59)69(61)62-41-35-45-17-4-6-21-54(45)66(62)71-67-55-22-7-5-18-46(55)36-42-63(67)69/h1-43H. The van der Waals surface area contributed by atoms with E-state index in [9.17, 15) is 0 Å². The van der Waals surface area contributed by atoms with Crippen LogP contribution in [0.1, 0.15) is 22.3 Å². The number of benzene rings is 12. The minimum Gasteiger partial charge on any atom is -0.455 e. The van der Waals surface area contributed by atoms with Gasteiger partial charge in [0.15, 0.2) is 0 Å². The number of thiophene rings is 1. The highest BCUT2D eigenvalue weighted by Crippen LogP contribution is 2.65. The van der Waals surface area contributed by atoms with Gasteiger partial charge in [-0.05, 0) is 109 Å². The van der Waals surface area contributed by atoms with Gasteiger partial charge in [0, 0.05) is 59.1 Å². The zero-order chi connectivity index (χ0) is 47.3. The van der Waals surface area contributed by atoms with Gasteiger partial charge in [-0.3, -0.25) is 0 Å². The SMILES string of the molecule is c1ccc(-c2cccc(N(c3ccc(-c4cccc5c4-c4ccccc4C54c5ccc6ccccc6c5Oc5c4ccc4ccccc54)cc3)c3ccc(-c4cccc5c4sc4ccccc45)cc3)c2)cc1. The first-order chi connectivity index (χ1) is 35.7. The zero-order valence-electron chi connectivity index (χ0n) is 39.1. The molecule has 0 saturated carbocycles. The Balaban J connectivity index is 0.888. The predicted molar refractivity (Wildman–Crippen MR) is 303 cm³/mol. The van der Waals surface area contributed by atoms with E-state index < -0.39 is 5.41 Å². The van der Waals surface area contributed by atoms with Crippen molar-refractivity contribution in [3.8, 4) is 56.0 Å². The molecular weight excluding hydrogens is 891 g/mol. The predicted octanol–water partition coefficient (Wildman–Crippen LogP) is 19.3. The smallest absolute Gasteiger partial charge is 0.140 e. The van der Waals surface area contributed by atoms with E-state index in [2.05, 4.69) is 266 Å². The summed E-state index contributed by atoms with van der Waals surface area (Å²) in [6.07, 6.45) is 0. The summed E-state index contributed by atoms with van der Waals surface area (Å²) in [6.45, 7) is 0. The Labute approximate surface area is 421 Å². The highest BCUT2D eigenvalue weighted by molar-refractivity contribution is 7.26. The molecule has 1 aliphatic carbocycles. The lowest BCUT2D eigenvalue weighted by molar-refractivity contribution is 0.447. The highest BCUT2D eigenvalue weighted by atomic mass is 32.1. The summed E-state index contributed by atoms with van der Waals surface area (Å²) in [5, 5.41) is 7.19. The van der Waals surface area contributed by atoms with Crippen molar-refractivity contribution in [2.24, 2.45) is 0 Å². The third-order valence-electron chi connectivity index (χ3n) is 15.3. The van der Waals surface area contributed by atoms with E-state index in [1.807, 2.05) is 11.3 Å². The Hall–Kier alpha value is -9.02. The second kappa shape index (κ2) is 16.0. The summed E-state index contributed by atoms with van der Waals surface area (Å²) in [4.78, 5) is 2.39. The molecule has 72 heavy (non-hydrogen) atoms. The normalized spacial score (nSPS) is 12.9. The summed E-state index contributed by atoms with van der Waals surface area (Å²) >= 11 is 1.87. The molecule has 2 nitrogen and oxygen atoms in total. The number of anilines is 3. The molecule has 336 valence electrons. The van der Waals surface area contributed by atoms with E-state index >= 15 is 0 Å². The van der Waals surface area contributed by atoms with Crippen molar-refractivity contribution in [1.82, 2.24) is 0 Å². The molecule has 0 saturated heterocycles. The van der Waals surface area contributed by atoms with Crippen molar-refractivity contribution < 1.29 is 4.74 Å². The van der Waals surface area contributed by atoms with Crippen LogP contribution in [0.2, 0.25) is 0 Å². The van der Waals surface area contributed by atoms with E-state index in [4.69, 9.17) is 4.74 Å². The highest BCUT2D eigenvalue weighted by Gasteiger charge is 2.52. The second-order valence-corrected chi connectivity index (χ2v) is 20.1. The number of ether oxygens (including phenoxy) is 1. The largest absolute Gasteiger partial charge is 0.455 e. The van der Waals surface area contributed by atoms with Crippen LogP contribution < -0.4 is 9.64 Å². The zero-order valence-corrected chi connectivity index (χ0v) is 39.9. The van der Waals surface area contributed by atoms with Gasteiger partial charge in [-0.15, -0.1) is 11.3 Å². The Kier molecular flexibility index (Phi) is 9.08. The molecule has 12 aromatic carbocycles. The van der Waals surface area contributed by atoms with Crippen LogP contribution in [0.3, 0.4) is 0 Å². The monoisotopic (exact) mass is 933 g/mol. The number of fused-ring (bicyclic) bond motifs is 16. The fraction of sp³-hybridized carbons (Fsp3) is 0.0145. The topological polar surface area (TPSA) is 12.5 Å². The summed E-state index contributed by atoms with van der Waals surface area (Å²) in [6, 6.07) is 95.8. The van der Waals surface area contributed by atoms with Crippen molar-refractivity contribution in [3.63, 3.8) is 0 Å². The van der Waals surface area contributed by atoms with Crippen molar-refractivity contribution in [1.29, 1.82) is 0 Å². The lowest BCUT2D eigenvalue weighted by Crippen LogP contribution is -2.32. The third kappa shape index (κ3) is 6.01. The van der Waals surface area contributed by atoms with Crippen LogP contribution in [0.5, 0.6) is 11.5 Å². The fourth-order valence-corrected chi connectivity index (χ4v) is 13.4. The fourth-order valence-electron chi connectivity index (χ4n) is 12.1. The molecule has 0 amide bonds. The van der Waals surface area contributed by atoms with Gasteiger partial charge in [0.1, 0.15) is 11.5 Å². The van der Waals surface area contributed by atoms with E-state index in [1.54, 1.807) is 0 Å². The van der Waals surface area contributed by atoms with Crippen LogP contribution in [0.25, 0.3) is 86.2 Å². The van der Waals surface area contributed by atoms with E-state index in [1.165, 1.54) is 81.4 Å².